The standard InChI is InChI=1S/C37H39N9O4/c1-26-11-13-27(14-12-26)19-20-40-44-36(48)37(23-29-7-2-3-8-30(29)24-41-45-38)34(33-10-5-4-9-31(33)25-42-46-39)50-35(43-37)28-15-17-32(18-16-28)49-22-6-21-47/h2-5,7-18,34,40,47H,6,19-25H2,1H3,(H,44,48)/t34-,37-/m0/s1. The molecule has 0 saturated carbocycles. The van der Waals surface area contributed by atoms with Crippen LogP contribution >= 0.6 is 0 Å². The number of aryl methyl sites for hydroxylation is 1. The predicted molar refractivity (Wildman–Crippen MR) is 190 cm³/mol. The Morgan fingerprint density at radius 3 is 2.28 bits per heavy atom. The third kappa shape index (κ3) is 8.79. The van der Waals surface area contributed by atoms with E-state index in [4.69, 9.17) is 30.6 Å². The largest absolute Gasteiger partial charge is 0.494 e. The lowest BCUT2D eigenvalue weighted by atomic mass is 9.80. The van der Waals surface area contributed by atoms with Crippen molar-refractivity contribution in [3.05, 3.63) is 157 Å². The molecular weight excluding hydrogens is 634 g/mol. The molecule has 0 fully saturated rings. The zero-order valence-electron chi connectivity index (χ0n) is 27.8. The number of aliphatic hydroxyl groups excluding tert-OH is 1. The zero-order chi connectivity index (χ0) is 35.2. The number of hydrogen-bond acceptors (Lipinski definition) is 8. The van der Waals surface area contributed by atoms with Crippen molar-refractivity contribution in [3.8, 4) is 5.75 Å². The summed E-state index contributed by atoms with van der Waals surface area (Å²) < 4.78 is 12.4. The predicted octanol–water partition coefficient (Wildman–Crippen LogP) is 6.74. The van der Waals surface area contributed by atoms with Gasteiger partial charge in [0.1, 0.15) is 5.75 Å². The number of benzene rings is 4. The molecule has 4 aromatic rings. The highest BCUT2D eigenvalue weighted by molar-refractivity contribution is 6.01. The van der Waals surface area contributed by atoms with Gasteiger partial charge in [-0.05, 0) is 76.5 Å². The normalized spacial score (nSPS) is 16.4. The monoisotopic (exact) mass is 673 g/mol. The number of nitrogens with one attached hydrogen (secondary N) is 2. The molecule has 0 unspecified atom stereocenters. The molecule has 0 saturated heterocycles. The molecule has 13 heteroatoms. The highest BCUT2D eigenvalue weighted by Gasteiger charge is 2.54. The first-order valence-electron chi connectivity index (χ1n) is 16.3. The van der Waals surface area contributed by atoms with Crippen LogP contribution in [0.25, 0.3) is 20.9 Å². The van der Waals surface area contributed by atoms with Crippen molar-refractivity contribution >= 4 is 11.8 Å². The van der Waals surface area contributed by atoms with Crippen LogP contribution in [-0.2, 0) is 35.5 Å². The van der Waals surface area contributed by atoms with Crippen molar-refractivity contribution in [1.82, 2.24) is 10.9 Å². The molecule has 1 aliphatic rings. The van der Waals surface area contributed by atoms with E-state index in [1.54, 1.807) is 24.3 Å². The summed E-state index contributed by atoms with van der Waals surface area (Å²) >= 11 is 0. The second-order valence-corrected chi connectivity index (χ2v) is 11.8. The average molecular weight is 674 g/mol. The molecule has 4 aromatic carbocycles. The lowest BCUT2D eigenvalue weighted by Crippen LogP contribution is -2.54. The zero-order valence-corrected chi connectivity index (χ0v) is 27.8. The molecule has 0 spiro atoms. The Hall–Kier alpha value is -5.84. The molecule has 0 aromatic heterocycles. The first-order chi connectivity index (χ1) is 24.5. The van der Waals surface area contributed by atoms with E-state index in [2.05, 4.69) is 55.2 Å². The summed E-state index contributed by atoms with van der Waals surface area (Å²) in [6.45, 7) is 3.03. The number of carbonyl (C=O) groups excluding carboxylic acids is 1. The van der Waals surface area contributed by atoms with Crippen LogP contribution in [0.1, 0.15) is 51.5 Å². The number of hydrazine groups is 1. The minimum absolute atomic E-state index is 0.0300. The first kappa shape index (κ1) is 35.5. The SMILES string of the molecule is Cc1ccc(CCNNC(=O)[C@@]2(Cc3ccccc3CN=[N+]=[N-])N=C(c3ccc(OCCCO)cc3)O[C@H]2c2ccccc2CN=[N+]=[N-])cc1. The van der Waals surface area contributed by atoms with Crippen molar-refractivity contribution in [2.24, 2.45) is 15.2 Å². The van der Waals surface area contributed by atoms with E-state index in [-0.39, 0.29) is 32.0 Å². The summed E-state index contributed by atoms with van der Waals surface area (Å²) in [7, 11) is 0. The van der Waals surface area contributed by atoms with Gasteiger partial charge >= 0.3 is 0 Å². The number of hydrogen-bond donors (Lipinski definition) is 3. The van der Waals surface area contributed by atoms with Gasteiger partial charge in [-0.3, -0.25) is 10.2 Å². The molecule has 50 heavy (non-hydrogen) atoms. The van der Waals surface area contributed by atoms with Gasteiger partial charge in [-0.25, -0.2) is 10.4 Å². The number of azide groups is 2. The molecule has 13 nitrogen and oxygen atoms in total. The number of nitrogens with zero attached hydrogens (tertiary/aromatic N) is 7. The number of ether oxygens (including phenoxy) is 2. The Bertz CT molecular complexity index is 1890. The van der Waals surface area contributed by atoms with E-state index in [0.29, 0.717) is 48.4 Å². The van der Waals surface area contributed by atoms with E-state index < -0.39 is 17.6 Å². The smallest absolute Gasteiger partial charge is 0.266 e. The van der Waals surface area contributed by atoms with Crippen LogP contribution < -0.4 is 15.6 Å². The van der Waals surface area contributed by atoms with Gasteiger partial charge in [0.05, 0.1) is 19.7 Å². The highest BCUT2D eigenvalue weighted by atomic mass is 16.5. The molecule has 3 N–H and O–H groups in total. The van der Waals surface area contributed by atoms with Crippen LogP contribution in [0.3, 0.4) is 0 Å². The maximum atomic E-state index is 14.7. The fourth-order valence-electron chi connectivity index (χ4n) is 5.80. The number of carbonyl (C=O) groups is 1. The third-order valence-electron chi connectivity index (χ3n) is 8.42. The summed E-state index contributed by atoms with van der Waals surface area (Å²) in [5.74, 6) is 0.436. The van der Waals surface area contributed by atoms with Gasteiger partial charge < -0.3 is 14.6 Å². The van der Waals surface area contributed by atoms with E-state index in [1.807, 2.05) is 55.5 Å². The summed E-state index contributed by atoms with van der Waals surface area (Å²) in [5, 5.41) is 16.7. The maximum Gasteiger partial charge on any atom is 0.266 e. The third-order valence-corrected chi connectivity index (χ3v) is 8.42. The summed E-state index contributed by atoms with van der Waals surface area (Å²) in [5.41, 5.74) is 28.4. The Morgan fingerprint density at radius 1 is 0.920 bits per heavy atom. The molecular formula is C37H39N9O4. The highest BCUT2D eigenvalue weighted by Crippen LogP contribution is 2.44. The van der Waals surface area contributed by atoms with E-state index >= 15 is 0 Å². The van der Waals surface area contributed by atoms with E-state index in [9.17, 15) is 4.79 Å². The summed E-state index contributed by atoms with van der Waals surface area (Å²) in [6, 6.07) is 30.2. The van der Waals surface area contributed by atoms with Crippen LogP contribution in [0.15, 0.2) is 112 Å². The number of aliphatic imine (C=N–C) groups is 1. The molecule has 0 aliphatic carbocycles. The number of rotatable bonds is 17. The molecule has 1 heterocycles. The average Bonchev–Trinajstić information content (AvgIpc) is 3.53. The number of amides is 1. The van der Waals surface area contributed by atoms with Crippen molar-refractivity contribution in [2.45, 2.75) is 50.9 Å². The minimum Gasteiger partial charge on any atom is -0.494 e. The lowest BCUT2D eigenvalue weighted by molar-refractivity contribution is -0.130. The van der Waals surface area contributed by atoms with Gasteiger partial charge in [-0.2, -0.15) is 0 Å². The second kappa shape index (κ2) is 17.5. The van der Waals surface area contributed by atoms with E-state index in [0.717, 1.165) is 16.7 Å². The van der Waals surface area contributed by atoms with Gasteiger partial charge in [0, 0.05) is 41.4 Å². The fraction of sp³-hybridized carbons (Fsp3) is 0.297. The van der Waals surface area contributed by atoms with Crippen molar-refractivity contribution < 1.29 is 19.4 Å². The number of aliphatic hydroxyl groups is 1. The molecule has 256 valence electrons. The van der Waals surface area contributed by atoms with Crippen molar-refractivity contribution in [2.75, 3.05) is 19.8 Å². The topological polar surface area (TPSA) is 190 Å². The summed E-state index contributed by atoms with van der Waals surface area (Å²) in [6.07, 6.45) is 0.349. The van der Waals surface area contributed by atoms with Crippen LogP contribution in [0.2, 0.25) is 0 Å². The molecule has 5 rings (SSSR count). The van der Waals surface area contributed by atoms with Crippen LogP contribution in [0, 0.1) is 6.92 Å². The Labute approximate surface area is 290 Å². The molecule has 2 atom stereocenters. The molecule has 0 bridgehead atoms. The van der Waals surface area contributed by atoms with Crippen LogP contribution in [0.5, 0.6) is 5.75 Å². The van der Waals surface area contributed by atoms with E-state index in [1.165, 1.54) is 5.56 Å². The van der Waals surface area contributed by atoms with Gasteiger partial charge in [0.2, 0.25) is 5.90 Å². The fourth-order valence-corrected chi connectivity index (χ4v) is 5.80. The minimum atomic E-state index is -1.55. The molecule has 0 radical (unpaired) electrons. The van der Waals surface area contributed by atoms with Crippen LogP contribution in [0.4, 0.5) is 0 Å². The molecule has 1 aliphatic heterocycles. The van der Waals surface area contributed by atoms with Gasteiger partial charge in [0.15, 0.2) is 11.6 Å². The van der Waals surface area contributed by atoms with Crippen molar-refractivity contribution in [1.29, 1.82) is 0 Å². The maximum absolute atomic E-state index is 14.7. The van der Waals surface area contributed by atoms with Gasteiger partial charge in [-0.15, -0.1) is 0 Å². The second-order valence-electron chi connectivity index (χ2n) is 11.8. The first-order valence-corrected chi connectivity index (χ1v) is 16.3. The Kier molecular flexibility index (Phi) is 12.4. The Morgan fingerprint density at radius 2 is 1.58 bits per heavy atom. The van der Waals surface area contributed by atoms with Crippen molar-refractivity contribution in [3.63, 3.8) is 0 Å². The van der Waals surface area contributed by atoms with Crippen LogP contribution in [-0.4, -0.2) is 42.2 Å². The van der Waals surface area contributed by atoms with Gasteiger partial charge in [0.25, 0.3) is 5.91 Å². The Balaban J connectivity index is 1.57. The molecule has 1 amide bonds. The van der Waals surface area contributed by atoms with Gasteiger partial charge in [-0.1, -0.05) is 88.6 Å². The summed E-state index contributed by atoms with van der Waals surface area (Å²) in [4.78, 5) is 25.7. The lowest BCUT2D eigenvalue weighted by Gasteiger charge is -2.32. The quantitative estimate of drug-likeness (QED) is 0.0367.